The molecule has 2 saturated heterocycles. The number of rotatable bonds is 2. The summed E-state index contributed by atoms with van der Waals surface area (Å²) in [6, 6.07) is -0.527. The maximum absolute atomic E-state index is 12.3. The number of carbonyl (C=O) groups excluding carboxylic acids is 4. The first-order valence-electron chi connectivity index (χ1n) is 6.89. The number of hydrogen-bond donors (Lipinski definition) is 2. The minimum absolute atomic E-state index is 0.0402. The Bertz CT molecular complexity index is 529. The molecule has 0 saturated carbocycles. The Morgan fingerprint density at radius 3 is 2.55 bits per heavy atom. The van der Waals surface area contributed by atoms with Crippen molar-refractivity contribution in [3.8, 4) is 0 Å². The molecule has 0 aliphatic carbocycles. The van der Waals surface area contributed by atoms with Crippen LogP contribution in [-0.4, -0.2) is 65.1 Å². The molecule has 2 aliphatic rings. The van der Waals surface area contributed by atoms with E-state index in [1.807, 2.05) is 0 Å². The van der Waals surface area contributed by atoms with Crippen molar-refractivity contribution >= 4 is 24.4 Å². The number of ether oxygens (including phenoxy) is 1. The quantitative estimate of drug-likeness (QED) is 0.534. The molecule has 0 aromatic carbocycles. The number of nitrogens with one attached hydrogen (secondary N) is 2. The van der Waals surface area contributed by atoms with E-state index in [-0.39, 0.29) is 13.0 Å². The van der Waals surface area contributed by atoms with Crippen LogP contribution in [0.5, 0.6) is 0 Å². The van der Waals surface area contributed by atoms with Gasteiger partial charge in [-0.3, -0.25) is 19.8 Å². The van der Waals surface area contributed by atoms with E-state index in [0.29, 0.717) is 6.41 Å². The summed E-state index contributed by atoms with van der Waals surface area (Å²) in [7, 11) is 1.48. The topological polar surface area (TPSA) is 108 Å². The van der Waals surface area contributed by atoms with E-state index in [2.05, 4.69) is 10.6 Å². The Balaban J connectivity index is 2.27. The fourth-order valence-corrected chi connectivity index (χ4v) is 2.68. The van der Waals surface area contributed by atoms with Gasteiger partial charge in [0.1, 0.15) is 17.3 Å². The monoisotopic (exact) mass is 312 g/mol. The lowest BCUT2D eigenvalue weighted by molar-refractivity contribution is -0.125. The van der Waals surface area contributed by atoms with Crippen LogP contribution in [0.1, 0.15) is 27.2 Å². The third-order valence-corrected chi connectivity index (χ3v) is 3.82. The zero-order valence-electron chi connectivity index (χ0n) is 13.0. The lowest BCUT2D eigenvalue weighted by Crippen LogP contribution is -2.51. The second-order valence-corrected chi connectivity index (χ2v) is 6.46. The van der Waals surface area contributed by atoms with Crippen molar-refractivity contribution in [3.63, 3.8) is 0 Å². The van der Waals surface area contributed by atoms with Crippen LogP contribution in [0.4, 0.5) is 9.59 Å². The molecule has 0 aromatic heterocycles. The molecule has 2 atom stereocenters. The summed E-state index contributed by atoms with van der Waals surface area (Å²) in [6.45, 7) is 5.12. The molecule has 5 amide bonds. The van der Waals surface area contributed by atoms with Gasteiger partial charge in [-0.05, 0) is 20.8 Å². The van der Waals surface area contributed by atoms with Gasteiger partial charge in [-0.1, -0.05) is 0 Å². The maximum Gasteiger partial charge on any atom is 0.412 e. The number of urea groups is 1. The van der Waals surface area contributed by atoms with Crippen LogP contribution in [0.15, 0.2) is 0 Å². The zero-order chi connectivity index (χ0) is 16.7. The highest BCUT2D eigenvalue weighted by atomic mass is 16.6. The molecule has 9 heteroatoms. The molecule has 0 unspecified atom stereocenters. The first-order chi connectivity index (χ1) is 10.1. The summed E-state index contributed by atoms with van der Waals surface area (Å²) in [5.74, 6) is -0.483. The third kappa shape index (κ3) is 2.58. The first-order valence-corrected chi connectivity index (χ1v) is 6.89. The summed E-state index contributed by atoms with van der Waals surface area (Å²) < 4.78 is 5.29. The molecule has 22 heavy (non-hydrogen) atoms. The highest BCUT2D eigenvalue weighted by molar-refractivity contribution is 6.07. The van der Waals surface area contributed by atoms with Crippen molar-refractivity contribution in [2.24, 2.45) is 0 Å². The number of likely N-dealkylation sites (tertiary alicyclic amines) is 1. The number of hydrogen-bond acceptors (Lipinski definition) is 5. The summed E-state index contributed by atoms with van der Waals surface area (Å²) in [4.78, 5) is 49.4. The number of carbonyl (C=O) groups is 4. The van der Waals surface area contributed by atoms with Gasteiger partial charge in [0, 0.05) is 13.5 Å². The van der Waals surface area contributed by atoms with Crippen molar-refractivity contribution in [1.29, 1.82) is 0 Å². The Kier molecular flexibility index (Phi) is 3.76. The van der Waals surface area contributed by atoms with Gasteiger partial charge in [0.15, 0.2) is 0 Å². The first kappa shape index (κ1) is 16.1. The van der Waals surface area contributed by atoms with Gasteiger partial charge < -0.3 is 15.0 Å². The summed E-state index contributed by atoms with van der Waals surface area (Å²) in [6.07, 6.45) is -0.801. The number of imide groups is 1. The number of nitrogens with zero attached hydrogens (tertiary/aromatic N) is 2. The van der Waals surface area contributed by atoms with Gasteiger partial charge in [-0.15, -0.1) is 0 Å². The van der Waals surface area contributed by atoms with E-state index >= 15 is 0 Å². The van der Waals surface area contributed by atoms with Gasteiger partial charge in [-0.25, -0.2) is 9.59 Å². The van der Waals surface area contributed by atoms with Crippen LogP contribution in [0.25, 0.3) is 0 Å². The fraction of sp³-hybridized carbons (Fsp3) is 0.692. The van der Waals surface area contributed by atoms with Crippen LogP contribution < -0.4 is 10.6 Å². The Morgan fingerprint density at radius 2 is 2.09 bits per heavy atom. The van der Waals surface area contributed by atoms with Gasteiger partial charge in [0.05, 0.1) is 6.54 Å². The Hall–Kier alpha value is -2.32. The average Bonchev–Trinajstić information content (AvgIpc) is 2.85. The van der Waals surface area contributed by atoms with E-state index in [4.69, 9.17) is 4.74 Å². The van der Waals surface area contributed by atoms with E-state index in [1.54, 1.807) is 20.8 Å². The Labute approximate surface area is 127 Å². The molecular weight excluding hydrogens is 292 g/mol. The van der Waals surface area contributed by atoms with Crippen LogP contribution in [-0.2, 0) is 14.3 Å². The predicted octanol–water partition coefficient (Wildman–Crippen LogP) is -0.380. The zero-order valence-corrected chi connectivity index (χ0v) is 13.0. The minimum Gasteiger partial charge on any atom is -0.444 e. The molecule has 0 bridgehead atoms. The van der Waals surface area contributed by atoms with Crippen molar-refractivity contribution in [2.45, 2.75) is 44.5 Å². The molecule has 1 spiro atoms. The van der Waals surface area contributed by atoms with Crippen LogP contribution >= 0.6 is 0 Å². The van der Waals surface area contributed by atoms with Crippen molar-refractivity contribution in [3.05, 3.63) is 0 Å². The summed E-state index contributed by atoms with van der Waals surface area (Å²) in [5, 5.41) is 4.72. The molecule has 2 fully saturated rings. The standard InChI is InChI=1S/C13H20N4O5/c1-12(2,3)22-11(21)17-6-13(5-8(17)14-7-18)9(19)15-10(20)16(13)4/h7-8H,5-6H2,1-4H3,(H,14,18)(H,15,19,20)/t8-,13-/m0/s1. The predicted molar refractivity (Wildman–Crippen MR) is 74.6 cm³/mol. The lowest BCUT2D eigenvalue weighted by Gasteiger charge is -2.29. The summed E-state index contributed by atoms with van der Waals surface area (Å²) >= 11 is 0. The van der Waals surface area contributed by atoms with Gasteiger partial charge in [-0.2, -0.15) is 0 Å². The minimum atomic E-state index is -1.19. The molecule has 0 aromatic rings. The summed E-state index contributed by atoms with van der Waals surface area (Å²) in [5.41, 5.74) is -1.90. The van der Waals surface area contributed by atoms with E-state index in [9.17, 15) is 19.2 Å². The van der Waals surface area contributed by atoms with Crippen LogP contribution in [0, 0.1) is 0 Å². The molecular formula is C13H20N4O5. The van der Waals surface area contributed by atoms with Crippen LogP contribution in [0.3, 0.4) is 0 Å². The lowest BCUT2D eigenvalue weighted by atomic mass is 9.97. The highest BCUT2D eigenvalue weighted by Gasteiger charge is 2.59. The SMILES string of the molecule is CN1C(=O)NC(=O)[C@@]12C[C@@H](NC=O)N(C(=O)OC(C)(C)C)C2. The molecule has 2 heterocycles. The van der Waals surface area contributed by atoms with E-state index in [0.717, 1.165) is 0 Å². The molecule has 9 nitrogen and oxygen atoms in total. The highest BCUT2D eigenvalue weighted by Crippen LogP contribution is 2.34. The third-order valence-electron chi connectivity index (χ3n) is 3.82. The average molecular weight is 312 g/mol. The van der Waals surface area contributed by atoms with Crippen molar-refractivity contribution in [2.75, 3.05) is 13.6 Å². The largest absolute Gasteiger partial charge is 0.444 e. The number of likely N-dealkylation sites (N-methyl/N-ethyl adjacent to an activating group) is 1. The molecule has 122 valence electrons. The smallest absolute Gasteiger partial charge is 0.412 e. The molecule has 2 aliphatic heterocycles. The Morgan fingerprint density at radius 1 is 1.45 bits per heavy atom. The maximum atomic E-state index is 12.3. The fourth-order valence-electron chi connectivity index (χ4n) is 2.68. The van der Waals surface area contributed by atoms with Crippen molar-refractivity contribution in [1.82, 2.24) is 20.4 Å². The normalized spacial score (nSPS) is 28.1. The van der Waals surface area contributed by atoms with E-state index in [1.165, 1.54) is 16.8 Å². The molecule has 2 N–H and O–H groups in total. The molecule has 2 rings (SSSR count). The molecule has 0 radical (unpaired) electrons. The van der Waals surface area contributed by atoms with E-state index < -0.39 is 35.3 Å². The van der Waals surface area contributed by atoms with Crippen LogP contribution in [0.2, 0.25) is 0 Å². The second-order valence-electron chi connectivity index (χ2n) is 6.46. The number of amides is 5. The second kappa shape index (κ2) is 5.15. The van der Waals surface area contributed by atoms with Gasteiger partial charge in [0.2, 0.25) is 6.41 Å². The van der Waals surface area contributed by atoms with Crippen molar-refractivity contribution < 1.29 is 23.9 Å². The van der Waals surface area contributed by atoms with Gasteiger partial charge in [0.25, 0.3) is 5.91 Å². The van der Waals surface area contributed by atoms with Gasteiger partial charge >= 0.3 is 12.1 Å².